The molecule has 3 nitrogen and oxygen atoms in total. The average molecular weight is 267 g/mol. The number of anilines is 1. The van der Waals surface area contributed by atoms with Gasteiger partial charge in [0.2, 0.25) is 0 Å². The predicted molar refractivity (Wildman–Crippen MR) is 69.0 cm³/mol. The van der Waals surface area contributed by atoms with E-state index in [2.05, 4.69) is 0 Å². The van der Waals surface area contributed by atoms with Crippen molar-refractivity contribution < 1.29 is 18.7 Å². The highest BCUT2D eigenvalue weighted by atomic mass is 19.1. The number of hydrogen-bond acceptors (Lipinski definition) is 2. The van der Waals surface area contributed by atoms with Gasteiger partial charge < -0.3 is 10.0 Å². The number of hydrogen-bond donors (Lipinski definition) is 1. The second-order valence-corrected chi connectivity index (χ2v) is 4.84. The van der Waals surface area contributed by atoms with Gasteiger partial charge in [0, 0.05) is 19.2 Å². The van der Waals surface area contributed by atoms with Crippen LogP contribution in [0, 0.1) is 17.6 Å². The van der Waals surface area contributed by atoms with Gasteiger partial charge in [-0.1, -0.05) is 6.92 Å². The smallest absolute Gasteiger partial charge is 0.328 e. The summed E-state index contributed by atoms with van der Waals surface area (Å²) in [5.41, 5.74) is 0.185. The molecule has 1 aliphatic heterocycles. The van der Waals surface area contributed by atoms with Crippen LogP contribution in [0.25, 0.3) is 6.08 Å². The molecule has 0 amide bonds. The van der Waals surface area contributed by atoms with Crippen LogP contribution in [0.3, 0.4) is 0 Å². The molecule has 1 atom stereocenters. The quantitative estimate of drug-likeness (QED) is 0.856. The lowest BCUT2D eigenvalue weighted by Gasteiger charge is -2.20. The summed E-state index contributed by atoms with van der Waals surface area (Å²) in [6.07, 6.45) is 2.94. The molecule has 0 radical (unpaired) electrons. The molecule has 0 aliphatic carbocycles. The van der Waals surface area contributed by atoms with Gasteiger partial charge in [-0.25, -0.2) is 13.6 Å². The molecule has 0 aromatic heterocycles. The van der Waals surface area contributed by atoms with Crippen LogP contribution in [-0.2, 0) is 4.79 Å². The lowest BCUT2D eigenvalue weighted by molar-refractivity contribution is -0.131. The minimum Gasteiger partial charge on any atom is -0.478 e. The van der Waals surface area contributed by atoms with Gasteiger partial charge in [0.15, 0.2) is 0 Å². The van der Waals surface area contributed by atoms with E-state index in [1.165, 1.54) is 6.08 Å². The van der Waals surface area contributed by atoms with Gasteiger partial charge in [0.1, 0.15) is 17.3 Å². The first-order valence-electron chi connectivity index (χ1n) is 6.12. The van der Waals surface area contributed by atoms with Crippen LogP contribution < -0.4 is 4.90 Å². The van der Waals surface area contributed by atoms with Crippen molar-refractivity contribution in [3.63, 3.8) is 0 Å². The summed E-state index contributed by atoms with van der Waals surface area (Å²) in [6, 6.07) is 2.31. The number of carboxylic acids is 1. The first-order valence-corrected chi connectivity index (χ1v) is 6.12. The third-order valence-electron chi connectivity index (χ3n) is 3.20. The van der Waals surface area contributed by atoms with Crippen molar-refractivity contribution in [3.8, 4) is 0 Å². The van der Waals surface area contributed by atoms with Crippen LogP contribution in [-0.4, -0.2) is 24.2 Å². The highest BCUT2D eigenvalue weighted by molar-refractivity contribution is 5.85. The lowest BCUT2D eigenvalue weighted by Crippen LogP contribution is -2.21. The monoisotopic (exact) mass is 267 g/mol. The molecule has 2 rings (SSSR count). The number of nitrogens with zero attached hydrogens (tertiary/aromatic N) is 1. The zero-order valence-electron chi connectivity index (χ0n) is 10.6. The summed E-state index contributed by atoms with van der Waals surface area (Å²) in [6.45, 7) is 3.32. The molecule has 1 unspecified atom stereocenters. The Morgan fingerprint density at radius 1 is 1.42 bits per heavy atom. The highest BCUT2D eigenvalue weighted by Gasteiger charge is 2.24. The van der Waals surface area contributed by atoms with Gasteiger partial charge in [0.05, 0.1) is 0 Å². The Bertz CT molecular complexity index is 505. The first kappa shape index (κ1) is 13.5. The first-order chi connectivity index (χ1) is 8.97. The van der Waals surface area contributed by atoms with Crippen molar-refractivity contribution in [1.82, 2.24) is 0 Å². The van der Waals surface area contributed by atoms with E-state index in [9.17, 15) is 13.6 Å². The Kier molecular flexibility index (Phi) is 3.83. The summed E-state index contributed by atoms with van der Waals surface area (Å²) in [4.78, 5) is 12.1. The number of carbonyl (C=O) groups is 1. The van der Waals surface area contributed by atoms with Crippen molar-refractivity contribution in [1.29, 1.82) is 0 Å². The third kappa shape index (κ3) is 3.10. The van der Waals surface area contributed by atoms with Gasteiger partial charge in [-0.3, -0.25) is 0 Å². The fourth-order valence-electron chi connectivity index (χ4n) is 2.29. The van der Waals surface area contributed by atoms with E-state index in [-0.39, 0.29) is 11.3 Å². The summed E-state index contributed by atoms with van der Waals surface area (Å²) in [5, 5.41) is 8.49. The molecule has 5 heteroatoms. The van der Waals surface area contributed by atoms with E-state index in [4.69, 9.17) is 5.11 Å². The normalized spacial score (nSPS) is 19.3. The standard InChI is InChI=1S/C14H15F2NO2/c1-9-4-5-17(8-9)14-11(15)6-10(7-12(14)16)2-3-13(18)19/h2-3,6-7,9H,4-5,8H2,1H3,(H,18,19)/b3-2+. The van der Waals surface area contributed by atoms with E-state index in [1.807, 2.05) is 6.92 Å². The SMILES string of the molecule is CC1CCN(c2c(F)cc(/C=C/C(=O)O)cc2F)C1. The number of halogens is 2. The van der Waals surface area contributed by atoms with Gasteiger partial charge in [-0.2, -0.15) is 0 Å². The van der Waals surface area contributed by atoms with Crippen LogP contribution in [0.5, 0.6) is 0 Å². The van der Waals surface area contributed by atoms with E-state index >= 15 is 0 Å². The van der Waals surface area contributed by atoms with Crippen LogP contribution >= 0.6 is 0 Å². The van der Waals surface area contributed by atoms with Gasteiger partial charge >= 0.3 is 5.97 Å². The molecule has 102 valence electrons. The number of benzene rings is 1. The molecular formula is C14H15F2NO2. The van der Waals surface area contributed by atoms with Crippen LogP contribution in [0.15, 0.2) is 18.2 Å². The predicted octanol–water partition coefficient (Wildman–Crippen LogP) is 2.91. The van der Waals surface area contributed by atoms with E-state index in [0.29, 0.717) is 19.0 Å². The summed E-state index contributed by atoms with van der Waals surface area (Å²) < 4.78 is 27.9. The molecule has 1 aromatic carbocycles. The number of aliphatic carboxylic acids is 1. The number of rotatable bonds is 3. The molecule has 1 N–H and O–H groups in total. The van der Waals surface area contributed by atoms with E-state index in [1.54, 1.807) is 4.90 Å². The molecule has 0 bridgehead atoms. The topological polar surface area (TPSA) is 40.5 Å². The van der Waals surface area contributed by atoms with Crippen molar-refractivity contribution in [2.45, 2.75) is 13.3 Å². The van der Waals surface area contributed by atoms with Gasteiger partial charge in [0.25, 0.3) is 0 Å². The lowest BCUT2D eigenvalue weighted by atomic mass is 10.1. The van der Waals surface area contributed by atoms with Crippen molar-refractivity contribution in [2.24, 2.45) is 5.92 Å². The van der Waals surface area contributed by atoms with Gasteiger partial charge in [-0.05, 0) is 36.1 Å². The number of carboxylic acid groups (broad SMARTS) is 1. The third-order valence-corrected chi connectivity index (χ3v) is 3.20. The maximum Gasteiger partial charge on any atom is 0.328 e. The maximum atomic E-state index is 14.0. The molecule has 1 aromatic rings. The molecule has 0 saturated carbocycles. The molecule has 1 saturated heterocycles. The van der Waals surface area contributed by atoms with Gasteiger partial charge in [-0.15, -0.1) is 0 Å². The minimum absolute atomic E-state index is 0.0168. The molecular weight excluding hydrogens is 252 g/mol. The Morgan fingerprint density at radius 3 is 2.53 bits per heavy atom. The van der Waals surface area contributed by atoms with Crippen molar-refractivity contribution >= 4 is 17.7 Å². The minimum atomic E-state index is -1.15. The second-order valence-electron chi connectivity index (χ2n) is 4.84. The maximum absolute atomic E-state index is 14.0. The molecule has 19 heavy (non-hydrogen) atoms. The summed E-state index contributed by atoms with van der Waals surface area (Å²) in [7, 11) is 0. The van der Waals surface area contributed by atoms with Crippen molar-refractivity contribution in [2.75, 3.05) is 18.0 Å². The Labute approximate surface area is 110 Å². The highest BCUT2D eigenvalue weighted by Crippen LogP contribution is 2.30. The Balaban J connectivity index is 2.29. The zero-order valence-corrected chi connectivity index (χ0v) is 10.6. The average Bonchev–Trinajstić information content (AvgIpc) is 2.72. The fourth-order valence-corrected chi connectivity index (χ4v) is 2.29. The fraction of sp³-hybridized carbons (Fsp3) is 0.357. The Morgan fingerprint density at radius 2 is 2.05 bits per heavy atom. The molecule has 1 fully saturated rings. The van der Waals surface area contributed by atoms with E-state index < -0.39 is 17.6 Å². The molecule has 0 spiro atoms. The molecule has 1 heterocycles. The molecule has 1 aliphatic rings. The second kappa shape index (κ2) is 5.38. The van der Waals surface area contributed by atoms with Crippen LogP contribution in [0.2, 0.25) is 0 Å². The largest absolute Gasteiger partial charge is 0.478 e. The Hall–Kier alpha value is -1.91. The van der Waals surface area contributed by atoms with Crippen LogP contribution in [0.1, 0.15) is 18.9 Å². The zero-order chi connectivity index (χ0) is 14.0. The van der Waals surface area contributed by atoms with Crippen LogP contribution in [0.4, 0.5) is 14.5 Å². The summed E-state index contributed by atoms with van der Waals surface area (Å²) in [5.74, 6) is -2.04. The van der Waals surface area contributed by atoms with E-state index in [0.717, 1.165) is 24.6 Å². The van der Waals surface area contributed by atoms with Crippen molar-refractivity contribution in [3.05, 3.63) is 35.4 Å². The summed E-state index contributed by atoms with van der Waals surface area (Å²) >= 11 is 0.